The van der Waals surface area contributed by atoms with Gasteiger partial charge in [0, 0.05) is 13.1 Å². The van der Waals surface area contributed by atoms with Gasteiger partial charge in [0.1, 0.15) is 0 Å². The molecule has 7 heteroatoms. The van der Waals surface area contributed by atoms with Crippen molar-refractivity contribution in [2.75, 3.05) is 19.7 Å². The normalized spacial score (nSPS) is 17.7. The Hall–Kier alpha value is -0.680. The summed E-state index contributed by atoms with van der Waals surface area (Å²) in [6.45, 7) is 2.91. The van der Waals surface area contributed by atoms with E-state index in [4.69, 9.17) is 39.5 Å². The molecule has 0 unspecified atom stereocenters. The summed E-state index contributed by atoms with van der Waals surface area (Å²) in [5.74, 6) is 0. The first-order valence-electron chi connectivity index (χ1n) is 6.66. The van der Waals surface area contributed by atoms with E-state index in [-0.39, 0.29) is 11.1 Å². The topological polar surface area (TPSA) is 49.8 Å². The molecule has 1 N–H and O–H groups in total. The van der Waals surface area contributed by atoms with Gasteiger partial charge in [-0.05, 0) is 37.5 Å². The first kappa shape index (κ1) is 16.7. The van der Waals surface area contributed by atoms with E-state index < -0.39 is 5.60 Å². The van der Waals surface area contributed by atoms with E-state index in [2.05, 4.69) is 0 Å². The number of carbonyl (C=O) groups is 1. The summed E-state index contributed by atoms with van der Waals surface area (Å²) in [6, 6.07) is 3.24. The third-order valence-electron chi connectivity index (χ3n) is 3.64. The molecule has 0 bridgehead atoms. The highest BCUT2D eigenvalue weighted by atomic mass is 35.5. The van der Waals surface area contributed by atoms with Crippen molar-refractivity contribution in [3.63, 3.8) is 0 Å². The first-order valence-corrected chi connectivity index (χ1v) is 7.80. The molecule has 4 nitrogen and oxygen atoms in total. The molecule has 0 aliphatic carbocycles. The van der Waals surface area contributed by atoms with Crippen LogP contribution < -0.4 is 0 Å². The van der Waals surface area contributed by atoms with Gasteiger partial charge in [-0.1, -0.05) is 34.8 Å². The van der Waals surface area contributed by atoms with E-state index in [1.54, 1.807) is 24.0 Å². The fourth-order valence-corrected chi connectivity index (χ4v) is 2.98. The molecule has 0 spiro atoms. The minimum Gasteiger partial charge on any atom is -0.450 e. The van der Waals surface area contributed by atoms with E-state index >= 15 is 0 Å². The molecular weight excluding hydrogens is 337 g/mol. The Balaban J connectivity index is 2.14. The molecule has 1 amide bonds. The molecule has 0 atom stereocenters. The van der Waals surface area contributed by atoms with Gasteiger partial charge in [-0.2, -0.15) is 0 Å². The summed E-state index contributed by atoms with van der Waals surface area (Å²) >= 11 is 17.9. The lowest BCUT2D eigenvalue weighted by molar-refractivity contribution is -0.0244. The fourth-order valence-electron chi connectivity index (χ4n) is 2.39. The van der Waals surface area contributed by atoms with Crippen LogP contribution in [0.25, 0.3) is 0 Å². The van der Waals surface area contributed by atoms with Gasteiger partial charge in [-0.15, -0.1) is 0 Å². The largest absolute Gasteiger partial charge is 0.450 e. The fraction of sp³-hybridized carbons (Fsp3) is 0.500. The van der Waals surface area contributed by atoms with E-state index in [1.165, 1.54) is 0 Å². The summed E-state index contributed by atoms with van der Waals surface area (Å²) in [4.78, 5) is 13.2. The maximum atomic E-state index is 11.7. The van der Waals surface area contributed by atoms with Crippen LogP contribution in [0.5, 0.6) is 0 Å². The molecule has 116 valence electrons. The Morgan fingerprint density at radius 2 is 1.81 bits per heavy atom. The number of likely N-dealkylation sites (tertiary alicyclic amines) is 1. The molecule has 1 aliphatic heterocycles. The predicted molar refractivity (Wildman–Crippen MR) is 83.2 cm³/mol. The lowest BCUT2D eigenvalue weighted by Crippen LogP contribution is -2.45. The van der Waals surface area contributed by atoms with Gasteiger partial charge in [0.05, 0.1) is 27.3 Å². The average Bonchev–Trinajstić information content (AvgIpc) is 2.45. The van der Waals surface area contributed by atoms with Crippen LogP contribution in [-0.4, -0.2) is 35.8 Å². The van der Waals surface area contributed by atoms with E-state index in [0.29, 0.717) is 48.1 Å². The second-order valence-electron chi connectivity index (χ2n) is 4.97. The van der Waals surface area contributed by atoms with E-state index in [1.807, 2.05) is 0 Å². The number of carbonyl (C=O) groups excluding carboxylic acids is 1. The molecule has 1 aliphatic rings. The molecule has 1 aromatic rings. The molecule has 0 radical (unpaired) electrons. The van der Waals surface area contributed by atoms with Crippen LogP contribution >= 0.6 is 34.8 Å². The highest BCUT2D eigenvalue weighted by molar-refractivity contribution is 6.48. The van der Waals surface area contributed by atoms with Crippen LogP contribution in [0.4, 0.5) is 4.79 Å². The van der Waals surface area contributed by atoms with Crippen molar-refractivity contribution in [1.29, 1.82) is 0 Å². The SMILES string of the molecule is CCOC(=O)N1CCC(O)(c2cc(Cl)c(Cl)c(Cl)c2)CC1. The quantitative estimate of drug-likeness (QED) is 0.816. The maximum absolute atomic E-state index is 11.7. The summed E-state index contributed by atoms with van der Waals surface area (Å²) in [6.07, 6.45) is 0.423. The van der Waals surface area contributed by atoms with Crippen molar-refractivity contribution in [2.45, 2.75) is 25.4 Å². The summed E-state index contributed by atoms with van der Waals surface area (Å²) in [5.41, 5.74) is -0.452. The molecule has 2 rings (SSSR count). The van der Waals surface area contributed by atoms with Crippen LogP contribution in [0.1, 0.15) is 25.3 Å². The van der Waals surface area contributed by atoms with Gasteiger partial charge in [0.15, 0.2) is 0 Å². The van der Waals surface area contributed by atoms with Crippen LogP contribution in [0.2, 0.25) is 15.1 Å². The van der Waals surface area contributed by atoms with Crippen molar-refractivity contribution in [3.8, 4) is 0 Å². The zero-order chi connectivity index (χ0) is 15.6. The Kier molecular flexibility index (Phi) is 5.25. The first-order chi connectivity index (χ1) is 9.87. The minimum atomic E-state index is -1.07. The number of ether oxygens (including phenoxy) is 1. The molecular formula is C14H16Cl3NO3. The van der Waals surface area contributed by atoms with Crippen LogP contribution in [-0.2, 0) is 10.3 Å². The number of rotatable bonds is 2. The van der Waals surface area contributed by atoms with Crippen LogP contribution in [0.15, 0.2) is 12.1 Å². The zero-order valence-electron chi connectivity index (χ0n) is 11.5. The number of amides is 1. The highest BCUT2D eigenvalue weighted by Gasteiger charge is 2.36. The molecule has 0 saturated carbocycles. The Bertz CT molecular complexity index is 519. The maximum Gasteiger partial charge on any atom is 0.409 e. The Labute approximate surface area is 138 Å². The van der Waals surface area contributed by atoms with Crippen molar-refractivity contribution in [3.05, 3.63) is 32.8 Å². The average molecular weight is 353 g/mol. The van der Waals surface area contributed by atoms with Crippen molar-refractivity contribution in [2.24, 2.45) is 0 Å². The molecule has 1 aromatic carbocycles. The lowest BCUT2D eigenvalue weighted by atomic mass is 9.84. The zero-order valence-corrected chi connectivity index (χ0v) is 13.8. The van der Waals surface area contributed by atoms with Gasteiger partial charge in [0.25, 0.3) is 0 Å². The van der Waals surface area contributed by atoms with E-state index in [0.717, 1.165) is 0 Å². The van der Waals surface area contributed by atoms with E-state index in [9.17, 15) is 9.90 Å². The van der Waals surface area contributed by atoms with Crippen molar-refractivity contribution < 1.29 is 14.6 Å². The van der Waals surface area contributed by atoms with Crippen LogP contribution in [0.3, 0.4) is 0 Å². The third-order valence-corrected chi connectivity index (χ3v) is 4.83. The Morgan fingerprint density at radius 1 is 1.29 bits per heavy atom. The second kappa shape index (κ2) is 6.61. The monoisotopic (exact) mass is 351 g/mol. The summed E-state index contributed by atoms with van der Waals surface area (Å²) in [5, 5.41) is 11.7. The van der Waals surface area contributed by atoms with Gasteiger partial charge in [0.2, 0.25) is 0 Å². The Morgan fingerprint density at radius 3 is 2.29 bits per heavy atom. The number of nitrogens with zero attached hydrogens (tertiary/aromatic N) is 1. The summed E-state index contributed by atoms with van der Waals surface area (Å²) < 4.78 is 4.95. The lowest BCUT2D eigenvalue weighted by Gasteiger charge is -2.38. The van der Waals surface area contributed by atoms with Crippen LogP contribution in [0, 0.1) is 0 Å². The summed E-state index contributed by atoms with van der Waals surface area (Å²) in [7, 11) is 0. The molecule has 1 fully saturated rings. The van der Waals surface area contributed by atoms with Gasteiger partial charge < -0.3 is 14.7 Å². The van der Waals surface area contributed by atoms with Gasteiger partial charge in [-0.25, -0.2) is 4.79 Å². The van der Waals surface area contributed by atoms with Crippen molar-refractivity contribution in [1.82, 2.24) is 4.90 Å². The standard InChI is InChI=1S/C14H16Cl3NO3/c1-2-21-13(19)18-5-3-14(20,4-6-18)9-7-10(15)12(17)11(16)8-9/h7-8,20H,2-6H2,1H3. The highest BCUT2D eigenvalue weighted by Crippen LogP contribution is 2.39. The molecule has 21 heavy (non-hydrogen) atoms. The number of hydrogen-bond donors (Lipinski definition) is 1. The number of aliphatic hydroxyl groups is 1. The van der Waals surface area contributed by atoms with Crippen molar-refractivity contribution >= 4 is 40.9 Å². The number of hydrogen-bond acceptors (Lipinski definition) is 3. The molecule has 1 heterocycles. The second-order valence-corrected chi connectivity index (χ2v) is 6.16. The molecule has 0 aromatic heterocycles. The smallest absolute Gasteiger partial charge is 0.409 e. The van der Waals surface area contributed by atoms with Gasteiger partial charge in [-0.3, -0.25) is 0 Å². The number of benzene rings is 1. The number of halogens is 3. The number of piperidine rings is 1. The predicted octanol–water partition coefficient (Wildman–Crippen LogP) is 4.09. The molecule has 1 saturated heterocycles. The minimum absolute atomic E-state index is 0.273. The third kappa shape index (κ3) is 3.57. The van der Waals surface area contributed by atoms with Gasteiger partial charge >= 0.3 is 6.09 Å².